The van der Waals surface area contributed by atoms with Crippen LogP contribution in [0.5, 0.6) is 0 Å². The lowest BCUT2D eigenvalue weighted by Gasteiger charge is -2.20. The van der Waals surface area contributed by atoms with Gasteiger partial charge >= 0.3 is 0 Å². The first-order valence-corrected chi connectivity index (χ1v) is 6.44. The van der Waals surface area contributed by atoms with Crippen molar-refractivity contribution in [3.8, 4) is 0 Å². The highest BCUT2D eigenvalue weighted by Crippen LogP contribution is 2.15. The number of nitrogens with zero attached hydrogens (tertiary/aromatic N) is 2. The van der Waals surface area contributed by atoms with Gasteiger partial charge in [0.1, 0.15) is 6.54 Å². The van der Waals surface area contributed by atoms with Crippen LogP contribution in [0.15, 0.2) is 12.2 Å². The van der Waals surface area contributed by atoms with E-state index in [1.807, 2.05) is 13.8 Å². The predicted molar refractivity (Wildman–Crippen MR) is 67.1 cm³/mol. The third-order valence-electron chi connectivity index (χ3n) is 3.16. The normalized spacial score (nSPS) is 23.0. The maximum Gasteiger partial charge on any atom is 0.254 e. The van der Waals surface area contributed by atoms with E-state index in [1.54, 1.807) is 4.90 Å². The Labute approximate surface area is 112 Å². The van der Waals surface area contributed by atoms with Gasteiger partial charge < -0.3 is 9.64 Å². The van der Waals surface area contributed by atoms with Crippen LogP contribution in [0.1, 0.15) is 20.3 Å². The second-order valence-corrected chi connectivity index (χ2v) is 5.03. The van der Waals surface area contributed by atoms with Crippen LogP contribution in [-0.2, 0) is 19.1 Å². The van der Waals surface area contributed by atoms with Gasteiger partial charge in [-0.3, -0.25) is 19.3 Å². The van der Waals surface area contributed by atoms with Gasteiger partial charge in [-0.25, -0.2) is 0 Å². The molecule has 2 aliphatic rings. The molecule has 3 amide bonds. The molecule has 0 saturated carbocycles. The van der Waals surface area contributed by atoms with E-state index in [1.165, 1.54) is 12.2 Å². The molecule has 19 heavy (non-hydrogen) atoms. The molecule has 2 heterocycles. The Kier molecular flexibility index (Phi) is 3.99. The van der Waals surface area contributed by atoms with Gasteiger partial charge in [-0.1, -0.05) is 0 Å². The molecular formula is C13H18N2O4. The maximum atomic E-state index is 12.0. The number of likely N-dealkylation sites (tertiary alicyclic amines) is 1. The Morgan fingerprint density at radius 1 is 1.37 bits per heavy atom. The van der Waals surface area contributed by atoms with E-state index < -0.39 is 11.8 Å². The van der Waals surface area contributed by atoms with Crippen molar-refractivity contribution in [3.63, 3.8) is 0 Å². The number of carbonyl (C=O) groups excluding carboxylic acids is 3. The quantitative estimate of drug-likeness (QED) is 0.668. The number of carbonyl (C=O) groups is 3. The molecule has 0 spiro atoms. The van der Waals surface area contributed by atoms with E-state index in [0.29, 0.717) is 13.1 Å². The second kappa shape index (κ2) is 5.52. The zero-order valence-electron chi connectivity index (χ0n) is 11.2. The fraction of sp³-hybridized carbons (Fsp3) is 0.615. The Balaban J connectivity index is 1.85. The summed E-state index contributed by atoms with van der Waals surface area (Å²) in [4.78, 5) is 37.4. The van der Waals surface area contributed by atoms with E-state index in [2.05, 4.69) is 0 Å². The van der Waals surface area contributed by atoms with Crippen LogP contribution in [0.4, 0.5) is 0 Å². The molecule has 0 bridgehead atoms. The average Bonchev–Trinajstić information content (AvgIpc) is 2.90. The molecule has 0 aliphatic carbocycles. The van der Waals surface area contributed by atoms with Crippen molar-refractivity contribution in [2.75, 3.05) is 19.6 Å². The minimum atomic E-state index is -0.424. The van der Waals surface area contributed by atoms with E-state index in [-0.39, 0.29) is 24.7 Å². The summed E-state index contributed by atoms with van der Waals surface area (Å²) in [6.07, 6.45) is 3.34. The van der Waals surface area contributed by atoms with Crippen molar-refractivity contribution >= 4 is 17.7 Å². The summed E-state index contributed by atoms with van der Waals surface area (Å²) < 4.78 is 5.65. The van der Waals surface area contributed by atoms with Gasteiger partial charge in [-0.15, -0.1) is 0 Å². The number of hydrogen-bond acceptors (Lipinski definition) is 4. The molecule has 2 rings (SSSR count). The van der Waals surface area contributed by atoms with E-state index >= 15 is 0 Å². The van der Waals surface area contributed by atoms with Gasteiger partial charge in [-0.05, 0) is 20.3 Å². The van der Waals surface area contributed by atoms with Crippen LogP contribution >= 0.6 is 0 Å². The first-order valence-electron chi connectivity index (χ1n) is 6.44. The van der Waals surface area contributed by atoms with Crippen LogP contribution in [0.25, 0.3) is 0 Å². The number of rotatable bonds is 4. The standard InChI is InChI=1S/C13H18N2O4/c1-9(2)19-10-5-6-14(7-10)13(18)8-15-11(16)3-4-12(15)17/h3-4,9-10H,5-8H2,1-2H3/t10-/m0/s1. The van der Waals surface area contributed by atoms with Crippen molar-refractivity contribution in [2.24, 2.45) is 0 Å². The summed E-state index contributed by atoms with van der Waals surface area (Å²) in [6.45, 7) is 4.87. The molecule has 6 heteroatoms. The largest absolute Gasteiger partial charge is 0.374 e. The zero-order valence-corrected chi connectivity index (χ0v) is 11.2. The highest BCUT2D eigenvalue weighted by Gasteiger charge is 2.31. The molecule has 0 aromatic heterocycles. The third-order valence-corrected chi connectivity index (χ3v) is 3.16. The summed E-state index contributed by atoms with van der Waals surface area (Å²) in [7, 11) is 0. The molecule has 0 aromatic carbocycles. The van der Waals surface area contributed by atoms with Gasteiger partial charge in [0.25, 0.3) is 11.8 Å². The van der Waals surface area contributed by atoms with Gasteiger partial charge in [-0.2, -0.15) is 0 Å². The smallest absolute Gasteiger partial charge is 0.254 e. The summed E-state index contributed by atoms with van der Waals surface area (Å²) in [5.74, 6) is -1.06. The van der Waals surface area contributed by atoms with E-state index in [9.17, 15) is 14.4 Å². The molecule has 0 radical (unpaired) electrons. The Morgan fingerprint density at radius 3 is 2.58 bits per heavy atom. The van der Waals surface area contributed by atoms with E-state index in [0.717, 1.165) is 11.3 Å². The lowest BCUT2D eigenvalue weighted by atomic mass is 10.3. The first-order chi connectivity index (χ1) is 8.97. The van der Waals surface area contributed by atoms with Crippen LogP contribution in [0.3, 0.4) is 0 Å². The molecule has 0 unspecified atom stereocenters. The van der Waals surface area contributed by atoms with E-state index in [4.69, 9.17) is 4.74 Å². The summed E-state index contributed by atoms with van der Waals surface area (Å²) in [6, 6.07) is 0. The van der Waals surface area contributed by atoms with Crippen molar-refractivity contribution in [3.05, 3.63) is 12.2 Å². The molecule has 6 nitrogen and oxygen atoms in total. The van der Waals surface area contributed by atoms with Crippen LogP contribution in [-0.4, -0.2) is 59.4 Å². The van der Waals surface area contributed by atoms with Crippen LogP contribution in [0.2, 0.25) is 0 Å². The Morgan fingerprint density at radius 2 is 2.00 bits per heavy atom. The summed E-state index contributed by atoms with van der Waals surface area (Å²) in [5, 5.41) is 0. The first kappa shape index (κ1) is 13.7. The molecule has 0 aromatic rings. The lowest BCUT2D eigenvalue weighted by molar-refractivity contribution is -0.144. The number of ether oxygens (including phenoxy) is 1. The van der Waals surface area contributed by atoms with Crippen LogP contribution < -0.4 is 0 Å². The minimum absolute atomic E-state index is 0.0482. The van der Waals surface area contributed by atoms with Gasteiger partial charge in [0, 0.05) is 25.2 Å². The van der Waals surface area contributed by atoms with Crippen molar-refractivity contribution in [1.82, 2.24) is 9.80 Å². The minimum Gasteiger partial charge on any atom is -0.374 e. The molecule has 2 aliphatic heterocycles. The molecular weight excluding hydrogens is 248 g/mol. The average molecular weight is 266 g/mol. The number of hydrogen-bond donors (Lipinski definition) is 0. The van der Waals surface area contributed by atoms with Gasteiger partial charge in [0.05, 0.1) is 12.2 Å². The molecule has 1 fully saturated rings. The predicted octanol–water partition coefficient (Wildman–Crippen LogP) is -0.0627. The topological polar surface area (TPSA) is 66.9 Å². The van der Waals surface area contributed by atoms with Gasteiger partial charge in [0.2, 0.25) is 5.91 Å². The fourth-order valence-electron chi connectivity index (χ4n) is 2.27. The highest BCUT2D eigenvalue weighted by molar-refractivity contribution is 6.14. The highest BCUT2D eigenvalue weighted by atomic mass is 16.5. The Hall–Kier alpha value is -1.69. The van der Waals surface area contributed by atoms with Crippen LogP contribution in [0, 0.1) is 0 Å². The van der Waals surface area contributed by atoms with Crippen molar-refractivity contribution < 1.29 is 19.1 Å². The number of imide groups is 1. The SMILES string of the molecule is CC(C)O[C@H]1CCN(C(=O)CN2C(=O)C=CC2=O)C1. The zero-order chi connectivity index (χ0) is 14.0. The molecule has 0 N–H and O–H groups in total. The lowest BCUT2D eigenvalue weighted by Crippen LogP contribution is -2.42. The molecule has 1 atom stereocenters. The molecule has 1 saturated heterocycles. The summed E-state index contributed by atoms with van der Waals surface area (Å²) in [5.41, 5.74) is 0. The molecule has 104 valence electrons. The number of amides is 3. The monoisotopic (exact) mass is 266 g/mol. The summed E-state index contributed by atoms with van der Waals surface area (Å²) >= 11 is 0. The van der Waals surface area contributed by atoms with Crippen molar-refractivity contribution in [1.29, 1.82) is 0 Å². The third kappa shape index (κ3) is 3.20. The van der Waals surface area contributed by atoms with Gasteiger partial charge in [0.15, 0.2) is 0 Å². The van der Waals surface area contributed by atoms with Crippen molar-refractivity contribution in [2.45, 2.75) is 32.5 Å². The Bertz CT molecular complexity index is 412. The fourth-order valence-corrected chi connectivity index (χ4v) is 2.27. The maximum absolute atomic E-state index is 12.0. The second-order valence-electron chi connectivity index (χ2n) is 5.03.